The van der Waals surface area contributed by atoms with Crippen molar-refractivity contribution in [3.63, 3.8) is 0 Å². The number of carbonyl (C=O) groups excluding carboxylic acids is 1. The number of carboxylic acids is 1. The standard InChI is InChI=1S/C17H17N3O4/c1-3-20-12-7-5-4-6-11(12)19-15(20)10(2)18-16(21)13-8-9-14(24-13)17(22)23/h4-10H,3H2,1-2H3,(H,18,21)(H,22,23). The molecule has 2 N–H and O–H groups in total. The van der Waals surface area contributed by atoms with Gasteiger partial charge < -0.3 is 19.4 Å². The maximum absolute atomic E-state index is 12.2. The van der Waals surface area contributed by atoms with Gasteiger partial charge in [-0.3, -0.25) is 4.79 Å². The van der Waals surface area contributed by atoms with E-state index in [0.29, 0.717) is 0 Å². The van der Waals surface area contributed by atoms with Gasteiger partial charge in [0.2, 0.25) is 5.76 Å². The second-order valence-corrected chi connectivity index (χ2v) is 5.37. The van der Waals surface area contributed by atoms with Crippen molar-refractivity contribution in [3.8, 4) is 0 Å². The molecule has 0 aliphatic carbocycles. The molecular weight excluding hydrogens is 310 g/mol. The lowest BCUT2D eigenvalue weighted by molar-refractivity contribution is 0.0659. The smallest absolute Gasteiger partial charge is 0.371 e. The fourth-order valence-electron chi connectivity index (χ4n) is 2.66. The van der Waals surface area contributed by atoms with Gasteiger partial charge in [-0.05, 0) is 38.1 Å². The minimum atomic E-state index is -1.21. The Balaban J connectivity index is 1.85. The molecule has 7 nitrogen and oxygen atoms in total. The average Bonchev–Trinajstić information content (AvgIpc) is 3.19. The highest BCUT2D eigenvalue weighted by molar-refractivity contribution is 5.93. The summed E-state index contributed by atoms with van der Waals surface area (Å²) in [5, 5.41) is 11.6. The van der Waals surface area contributed by atoms with E-state index in [4.69, 9.17) is 9.52 Å². The van der Waals surface area contributed by atoms with Crippen LogP contribution in [0.15, 0.2) is 40.8 Å². The van der Waals surface area contributed by atoms with E-state index in [1.54, 1.807) is 0 Å². The molecule has 0 spiro atoms. The van der Waals surface area contributed by atoms with Crippen LogP contribution in [0.5, 0.6) is 0 Å². The Labute approximate surface area is 137 Å². The first kappa shape index (κ1) is 15.8. The van der Waals surface area contributed by atoms with Crippen LogP contribution in [0, 0.1) is 0 Å². The molecule has 0 aliphatic rings. The molecule has 0 bridgehead atoms. The number of benzene rings is 1. The lowest BCUT2D eigenvalue weighted by Gasteiger charge is -2.14. The highest BCUT2D eigenvalue weighted by Crippen LogP contribution is 2.21. The Morgan fingerprint density at radius 3 is 2.62 bits per heavy atom. The van der Waals surface area contributed by atoms with Gasteiger partial charge in [-0.25, -0.2) is 9.78 Å². The van der Waals surface area contributed by atoms with Crippen molar-refractivity contribution >= 4 is 22.9 Å². The van der Waals surface area contributed by atoms with Crippen LogP contribution in [0.1, 0.15) is 46.8 Å². The maximum atomic E-state index is 12.2. The highest BCUT2D eigenvalue weighted by atomic mass is 16.4. The summed E-state index contributed by atoms with van der Waals surface area (Å²) in [5.41, 5.74) is 1.86. The molecule has 3 aromatic rings. The van der Waals surface area contributed by atoms with Crippen molar-refractivity contribution in [2.75, 3.05) is 0 Å². The third-order valence-electron chi connectivity index (χ3n) is 3.78. The lowest BCUT2D eigenvalue weighted by Crippen LogP contribution is -2.28. The maximum Gasteiger partial charge on any atom is 0.371 e. The minimum absolute atomic E-state index is 0.0431. The van der Waals surface area contributed by atoms with E-state index in [1.807, 2.05) is 42.7 Å². The summed E-state index contributed by atoms with van der Waals surface area (Å²) in [6.07, 6.45) is 0. The number of aromatic nitrogens is 2. The highest BCUT2D eigenvalue weighted by Gasteiger charge is 2.21. The second-order valence-electron chi connectivity index (χ2n) is 5.37. The summed E-state index contributed by atoms with van der Waals surface area (Å²) in [4.78, 5) is 27.7. The van der Waals surface area contributed by atoms with Crippen molar-refractivity contribution in [2.24, 2.45) is 0 Å². The van der Waals surface area contributed by atoms with Crippen molar-refractivity contribution in [3.05, 3.63) is 53.7 Å². The SMILES string of the molecule is CCn1c(C(C)NC(=O)c2ccc(C(=O)O)o2)nc2ccccc21. The number of aryl methyl sites for hydroxylation is 1. The van der Waals surface area contributed by atoms with Crippen LogP contribution in [0.3, 0.4) is 0 Å². The van der Waals surface area contributed by atoms with Gasteiger partial charge in [0.1, 0.15) is 5.82 Å². The van der Waals surface area contributed by atoms with E-state index in [0.717, 1.165) is 23.4 Å². The van der Waals surface area contributed by atoms with E-state index in [2.05, 4.69) is 10.3 Å². The minimum Gasteiger partial charge on any atom is -0.475 e. The fourth-order valence-corrected chi connectivity index (χ4v) is 2.66. The number of fused-ring (bicyclic) bond motifs is 1. The monoisotopic (exact) mass is 327 g/mol. The summed E-state index contributed by atoms with van der Waals surface area (Å²) in [7, 11) is 0. The van der Waals surface area contributed by atoms with Crippen molar-refractivity contribution in [2.45, 2.75) is 26.4 Å². The van der Waals surface area contributed by atoms with Crippen LogP contribution in [-0.4, -0.2) is 26.5 Å². The number of aromatic carboxylic acids is 1. The molecule has 124 valence electrons. The first-order valence-corrected chi connectivity index (χ1v) is 7.60. The number of hydrogen-bond donors (Lipinski definition) is 2. The zero-order valence-corrected chi connectivity index (χ0v) is 13.3. The topological polar surface area (TPSA) is 97.4 Å². The molecule has 1 unspecified atom stereocenters. The average molecular weight is 327 g/mol. The molecule has 0 radical (unpaired) electrons. The molecule has 1 atom stereocenters. The number of rotatable bonds is 5. The van der Waals surface area contributed by atoms with Crippen LogP contribution >= 0.6 is 0 Å². The van der Waals surface area contributed by atoms with Crippen LogP contribution in [0.4, 0.5) is 0 Å². The number of amides is 1. The van der Waals surface area contributed by atoms with Gasteiger partial charge in [0, 0.05) is 6.54 Å². The van der Waals surface area contributed by atoms with E-state index in [-0.39, 0.29) is 17.6 Å². The second kappa shape index (κ2) is 6.19. The van der Waals surface area contributed by atoms with Crippen LogP contribution in [-0.2, 0) is 6.54 Å². The van der Waals surface area contributed by atoms with Gasteiger partial charge in [0.25, 0.3) is 5.91 Å². The normalized spacial score (nSPS) is 12.2. The van der Waals surface area contributed by atoms with E-state index in [9.17, 15) is 9.59 Å². The van der Waals surface area contributed by atoms with Gasteiger partial charge >= 0.3 is 5.97 Å². The first-order chi connectivity index (χ1) is 11.5. The van der Waals surface area contributed by atoms with Gasteiger partial charge in [0.05, 0.1) is 17.1 Å². The number of nitrogens with one attached hydrogen (secondary N) is 1. The molecule has 1 aromatic carbocycles. The molecular formula is C17H17N3O4. The molecule has 7 heteroatoms. The number of hydrogen-bond acceptors (Lipinski definition) is 4. The Kier molecular flexibility index (Phi) is 4.07. The summed E-state index contributed by atoms with van der Waals surface area (Å²) < 4.78 is 7.05. The van der Waals surface area contributed by atoms with Gasteiger partial charge in [-0.2, -0.15) is 0 Å². The quantitative estimate of drug-likeness (QED) is 0.751. The zero-order valence-electron chi connectivity index (χ0n) is 13.3. The van der Waals surface area contributed by atoms with Gasteiger partial charge in [-0.1, -0.05) is 12.1 Å². The molecule has 0 aliphatic heterocycles. The fraction of sp³-hybridized carbons (Fsp3) is 0.235. The molecule has 24 heavy (non-hydrogen) atoms. The van der Waals surface area contributed by atoms with Crippen molar-refractivity contribution < 1.29 is 19.1 Å². The lowest BCUT2D eigenvalue weighted by atomic mass is 10.3. The summed E-state index contributed by atoms with van der Waals surface area (Å²) in [5.74, 6) is -1.27. The molecule has 2 heterocycles. The third kappa shape index (κ3) is 2.76. The predicted octanol–water partition coefficient (Wildman–Crippen LogP) is 2.84. The number of carboxylic acid groups (broad SMARTS) is 1. The summed E-state index contributed by atoms with van der Waals surface area (Å²) in [6.45, 7) is 4.56. The largest absolute Gasteiger partial charge is 0.475 e. The Bertz CT molecular complexity index is 910. The first-order valence-electron chi connectivity index (χ1n) is 7.60. The van der Waals surface area contributed by atoms with Crippen LogP contribution < -0.4 is 5.32 Å². The van der Waals surface area contributed by atoms with E-state index >= 15 is 0 Å². The Morgan fingerprint density at radius 2 is 1.96 bits per heavy atom. The summed E-state index contributed by atoms with van der Waals surface area (Å²) in [6, 6.07) is 10.00. The molecule has 0 saturated heterocycles. The predicted molar refractivity (Wildman–Crippen MR) is 87.0 cm³/mol. The van der Waals surface area contributed by atoms with Crippen LogP contribution in [0.25, 0.3) is 11.0 Å². The third-order valence-corrected chi connectivity index (χ3v) is 3.78. The number of imidazole rings is 1. The van der Waals surface area contributed by atoms with Gasteiger partial charge in [0.15, 0.2) is 5.76 Å². The molecule has 0 fully saturated rings. The molecule has 0 saturated carbocycles. The van der Waals surface area contributed by atoms with E-state index in [1.165, 1.54) is 12.1 Å². The number of carbonyl (C=O) groups is 2. The van der Waals surface area contributed by atoms with E-state index < -0.39 is 11.9 Å². The number of nitrogens with zero attached hydrogens (tertiary/aromatic N) is 2. The molecule has 2 aromatic heterocycles. The Hall–Kier alpha value is -3.09. The zero-order chi connectivity index (χ0) is 17.3. The molecule has 3 rings (SSSR count). The van der Waals surface area contributed by atoms with Crippen LogP contribution in [0.2, 0.25) is 0 Å². The Morgan fingerprint density at radius 1 is 1.25 bits per heavy atom. The molecule has 1 amide bonds. The number of para-hydroxylation sites is 2. The summed E-state index contributed by atoms with van der Waals surface area (Å²) >= 11 is 0. The number of furan rings is 1. The van der Waals surface area contributed by atoms with Crippen molar-refractivity contribution in [1.82, 2.24) is 14.9 Å². The van der Waals surface area contributed by atoms with Crippen molar-refractivity contribution in [1.29, 1.82) is 0 Å². The van der Waals surface area contributed by atoms with Gasteiger partial charge in [-0.15, -0.1) is 0 Å².